The Kier molecular flexibility index (Phi) is 6.66. The van der Waals surface area contributed by atoms with Gasteiger partial charge < -0.3 is 15.3 Å². The summed E-state index contributed by atoms with van der Waals surface area (Å²) in [6.45, 7) is 2.51. The van der Waals surface area contributed by atoms with E-state index < -0.39 is 27.6 Å². The minimum Gasteiger partial charge on any atom is -0.390 e. The van der Waals surface area contributed by atoms with Crippen molar-refractivity contribution in [3.05, 3.63) is 40.6 Å². The van der Waals surface area contributed by atoms with E-state index in [0.29, 0.717) is 32.4 Å². The van der Waals surface area contributed by atoms with Gasteiger partial charge in [0.1, 0.15) is 6.04 Å². The molecule has 2 aliphatic heterocycles. The molecule has 2 atom stereocenters. The predicted octanol–water partition coefficient (Wildman–Crippen LogP) is 2.11. The minimum absolute atomic E-state index is 0.0624. The van der Waals surface area contributed by atoms with Crippen LogP contribution in [0.15, 0.2) is 35.5 Å². The number of sulfonamides is 1. The molecule has 0 radical (unpaired) electrons. The summed E-state index contributed by atoms with van der Waals surface area (Å²) in [5.74, 6) is -0.950. The molecule has 0 bridgehead atoms. The summed E-state index contributed by atoms with van der Waals surface area (Å²) in [5, 5.41) is 12.9. The molecule has 0 aliphatic carbocycles. The Labute approximate surface area is 185 Å². The maximum Gasteiger partial charge on any atom is 0.264 e. The van der Waals surface area contributed by atoms with Gasteiger partial charge in [0.25, 0.3) is 10.0 Å². The third-order valence-corrected chi connectivity index (χ3v) is 7.83. The molecular formula is C19H23Cl2N3O5S. The maximum absolute atomic E-state index is 13.1. The highest BCUT2D eigenvalue weighted by Crippen LogP contribution is 2.29. The number of nitrogens with one attached hydrogen (secondary N) is 1. The lowest BCUT2D eigenvalue weighted by molar-refractivity contribution is -0.135. The van der Waals surface area contributed by atoms with Gasteiger partial charge in [0.2, 0.25) is 11.8 Å². The minimum atomic E-state index is -4.15. The molecule has 2 heterocycles. The topological polar surface area (TPSA) is 107 Å². The SMILES string of the molecule is CC1(O)CCCN(C(=O)C[C@@H]2C(=O)NC=CN2S(=O)(=O)c2ccc(Cl)c(Cl)c2)CC1. The number of carbonyl (C=O) groups excluding carboxylic acids is 2. The van der Waals surface area contributed by atoms with Crippen LogP contribution in [0.2, 0.25) is 10.0 Å². The fourth-order valence-electron chi connectivity index (χ4n) is 3.51. The molecule has 0 aromatic heterocycles. The lowest BCUT2D eigenvalue weighted by Crippen LogP contribution is -2.51. The first-order valence-electron chi connectivity index (χ1n) is 9.47. The number of hydrogen-bond donors (Lipinski definition) is 2. The first-order chi connectivity index (χ1) is 14.0. The van der Waals surface area contributed by atoms with E-state index in [1.807, 2.05) is 0 Å². The molecule has 2 N–H and O–H groups in total. The van der Waals surface area contributed by atoms with Gasteiger partial charge in [0, 0.05) is 25.5 Å². The molecule has 2 aliphatic rings. The Bertz CT molecular complexity index is 980. The number of aliphatic hydroxyl groups is 1. The van der Waals surface area contributed by atoms with E-state index in [9.17, 15) is 23.1 Å². The van der Waals surface area contributed by atoms with Crippen LogP contribution in [0.5, 0.6) is 0 Å². The Morgan fingerprint density at radius 3 is 2.70 bits per heavy atom. The fourth-order valence-corrected chi connectivity index (χ4v) is 5.34. The molecule has 3 rings (SSSR count). The van der Waals surface area contributed by atoms with Crippen molar-refractivity contribution in [2.45, 2.75) is 49.1 Å². The number of nitrogens with zero attached hydrogens (tertiary/aromatic N) is 2. The number of halogens is 2. The quantitative estimate of drug-likeness (QED) is 0.693. The molecule has 1 aromatic carbocycles. The second-order valence-corrected chi connectivity index (χ2v) is 10.3. The summed E-state index contributed by atoms with van der Waals surface area (Å²) in [7, 11) is -4.15. The van der Waals surface area contributed by atoms with E-state index in [-0.39, 0.29) is 27.3 Å². The Balaban J connectivity index is 1.83. The first kappa shape index (κ1) is 22.9. The second kappa shape index (κ2) is 8.74. The lowest BCUT2D eigenvalue weighted by Gasteiger charge is -2.32. The number of likely N-dealkylation sites (tertiary alicyclic amines) is 1. The highest BCUT2D eigenvalue weighted by Gasteiger charge is 2.38. The lowest BCUT2D eigenvalue weighted by atomic mass is 9.98. The Hall–Kier alpha value is -1.81. The smallest absolute Gasteiger partial charge is 0.264 e. The van der Waals surface area contributed by atoms with Gasteiger partial charge in [-0.15, -0.1) is 0 Å². The zero-order valence-electron chi connectivity index (χ0n) is 16.3. The third kappa shape index (κ3) is 4.91. The average molecular weight is 476 g/mol. The Morgan fingerprint density at radius 2 is 2.00 bits per heavy atom. The van der Waals surface area contributed by atoms with Gasteiger partial charge in [0.15, 0.2) is 0 Å². The highest BCUT2D eigenvalue weighted by atomic mass is 35.5. The van der Waals surface area contributed by atoms with Crippen LogP contribution in [0, 0.1) is 0 Å². The van der Waals surface area contributed by atoms with Gasteiger partial charge in [-0.2, -0.15) is 0 Å². The molecular weight excluding hydrogens is 453 g/mol. The van der Waals surface area contributed by atoms with E-state index in [2.05, 4.69) is 5.32 Å². The Morgan fingerprint density at radius 1 is 1.27 bits per heavy atom. The van der Waals surface area contributed by atoms with Crippen molar-refractivity contribution >= 4 is 45.0 Å². The molecule has 1 fully saturated rings. The standard InChI is InChI=1S/C19H23Cl2N3O5S/c1-19(27)5-2-8-23(9-6-19)17(25)12-16-18(26)22-7-10-24(16)30(28,29)13-3-4-14(20)15(21)11-13/h3-4,7,10-11,16,27H,2,5-6,8-9,12H2,1H3,(H,22,26)/t16-,19?/m1/s1. The summed E-state index contributed by atoms with van der Waals surface area (Å²) in [4.78, 5) is 26.8. The van der Waals surface area contributed by atoms with Gasteiger partial charge in [-0.3, -0.25) is 13.9 Å². The molecule has 1 saturated heterocycles. The van der Waals surface area contributed by atoms with Crippen molar-refractivity contribution in [3.8, 4) is 0 Å². The third-order valence-electron chi connectivity index (χ3n) is 5.31. The number of benzene rings is 1. The first-order valence-corrected chi connectivity index (χ1v) is 11.7. The van der Waals surface area contributed by atoms with Gasteiger partial charge in [0.05, 0.1) is 27.0 Å². The van der Waals surface area contributed by atoms with Crippen molar-refractivity contribution in [3.63, 3.8) is 0 Å². The molecule has 1 aromatic rings. The zero-order valence-corrected chi connectivity index (χ0v) is 18.7. The zero-order chi connectivity index (χ0) is 22.1. The molecule has 1 unspecified atom stereocenters. The summed E-state index contributed by atoms with van der Waals surface area (Å²) in [6, 6.07) is 2.61. The van der Waals surface area contributed by atoms with Gasteiger partial charge in [-0.05, 0) is 44.4 Å². The average Bonchev–Trinajstić information content (AvgIpc) is 2.85. The van der Waals surface area contributed by atoms with Crippen molar-refractivity contribution < 1.29 is 23.1 Å². The second-order valence-electron chi connectivity index (χ2n) is 7.69. The molecule has 164 valence electrons. The monoisotopic (exact) mass is 475 g/mol. The van der Waals surface area contributed by atoms with Crippen molar-refractivity contribution in [1.82, 2.24) is 14.5 Å². The van der Waals surface area contributed by atoms with Gasteiger partial charge >= 0.3 is 0 Å². The molecule has 8 nitrogen and oxygen atoms in total. The van der Waals surface area contributed by atoms with Crippen LogP contribution in [0.4, 0.5) is 0 Å². The van der Waals surface area contributed by atoms with Gasteiger partial charge in [-0.1, -0.05) is 23.2 Å². The van der Waals surface area contributed by atoms with Crippen molar-refractivity contribution in [2.75, 3.05) is 13.1 Å². The molecule has 0 saturated carbocycles. The largest absolute Gasteiger partial charge is 0.390 e. The summed E-state index contributed by atoms with van der Waals surface area (Å²) < 4.78 is 27.2. The highest BCUT2D eigenvalue weighted by molar-refractivity contribution is 7.89. The maximum atomic E-state index is 13.1. The van der Waals surface area contributed by atoms with Crippen LogP contribution in [-0.4, -0.2) is 59.3 Å². The molecule has 2 amide bonds. The van der Waals surface area contributed by atoms with Crippen LogP contribution < -0.4 is 5.32 Å². The summed E-state index contributed by atoms with van der Waals surface area (Å²) >= 11 is 11.8. The van der Waals surface area contributed by atoms with Crippen LogP contribution in [0.25, 0.3) is 0 Å². The van der Waals surface area contributed by atoms with Crippen LogP contribution in [0.1, 0.15) is 32.6 Å². The summed E-state index contributed by atoms with van der Waals surface area (Å²) in [6.07, 6.45) is 3.72. The number of amides is 2. The van der Waals surface area contributed by atoms with E-state index in [4.69, 9.17) is 23.2 Å². The predicted molar refractivity (Wildman–Crippen MR) is 112 cm³/mol. The van der Waals surface area contributed by atoms with Crippen molar-refractivity contribution in [1.29, 1.82) is 0 Å². The van der Waals surface area contributed by atoms with Crippen LogP contribution >= 0.6 is 23.2 Å². The van der Waals surface area contributed by atoms with Crippen LogP contribution in [-0.2, 0) is 19.6 Å². The van der Waals surface area contributed by atoms with E-state index >= 15 is 0 Å². The van der Waals surface area contributed by atoms with E-state index in [1.165, 1.54) is 30.6 Å². The summed E-state index contributed by atoms with van der Waals surface area (Å²) in [5.41, 5.74) is -0.844. The normalized spacial score (nSPS) is 25.1. The van der Waals surface area contributed by atoms with Crippen LogP contribution in [0.3, 0.4) is 0 Å². The molecule has 30 heavy (non-hydrogen) atoms. The molecule has 11 heteroatoms. The number of carbonyl (C=O) groups is 2. The van der Waals surface area contributed by atoms with E-state index in [0.717, 1.165) is 4.31 Å². The van der Waals surface area contributed by atoms with Crippen molar-refractivity contribution in [2.24, 2.45) is 0 Å². The number of rotatable bonds is 4. The fraction of sp³-hybridized carbons (Fsp3) is 0.474. The number of hydrogen-bond acceptors (Lipinski definition) is 5. The van der Waals surface area contributed by atoms with E-state index in [1.54, 1.807) is 11.8 Å². The molecule has 0 spiro atoms. The van der Waals surface area contributed by atoms with Gasteiger partial charge in [-0.25, -0.2) is 8.42 Å².